The zero-order valence-corrected chi connectivity index (χ0v) is 11.8. The van der Waals surface area contributed by atoms with Gasteiger partial charge in [0.25, 0.3) is 0 Å². The molecule has 1 atom stereocenters. The number of hydrogen-bond donors (Lipinski definition) is 1. The minimum atomic E-state index is -0.426. The number of rotatable bonds is 4. The first-order chi connectivity index (χ1) is 8.37. The zero-order chi connectivity index (χ0) is 13.3. The fraction of sp³-hybridized carbons (Fsp3) is 0.929. The first-order valence-corrected chi connectivity index (χ1v) is 7.12. The van der Waals surface area contributed by atoms with Gasteiger partial charge >= 0.3 is 6.09 Å². The summed E-state index contributed by atoms with van der Waals surface area (Å²) in [6.07, 6.45) is 5.71. The molecule has 2 saturated carbocycles. The maximum atomic E-state index is 12.2. The van der Waals surface area contributed by atoms with Crippen molar-refractivity contribution in [3.63, 3.8) is 0 Å². The molecule has 0 heterocycles. The van der Waals surface area contributed by atoms with Gasteiger partial charge < -0.3 is 15.4 Å². The maximum absolute atomic E-state index is 12.2. The molecule has 2 fully saturated rings. The molecule has 0 aromatic rings. The van der Waals surface area contributed by atoms with Crippen molar-refractivity contribution in [3.8, 4) is 0 Å². The van der Waals surface area contributed by atoms with E-state index in [0.717, 1.165) is 12.8 Å². The molecular weight excluding hydrogens is 228 g/mol. The standard InChI is InChI=1S/C14H26N2O2/c1-14(2,3)18-13(17)16(11-7-8-11)9-12(15)10-5-4-6-10/h10-12H,4-9,15H2,1-3H3. The molecule has 2 aliphatic rings. The molecule has 0 aliphatic heterocycles. The topological polar surface area (TPSA) is 55.6 Å². The fourth-order valence-electron chi connectivity index (χ4n) is 2.32. The normalized spacial score (nSPS) is 22.2. The van der Waals surface area contributed by atoms with Gasteiger partial charge in [0.05, 0.1) is 0 Å². The number of amides is 1. The van der Waals surface area contributed by atoms with E-state index in [1.165, 1.54) is 19.3 Å². The second-order valence-electron chi connectivity index (χ2n) is 6.72. The molecule has 2 aliphatic carbocycles. The minimum Gasteiger partial charge on any atom is -0.444 e. The van der Waals surface area contributed by atoms with Crippen molar-refractivity contribution in [2.24, 2.45) is 11.7 Å². The van der Waals surface area contributed by atoms with E-state index in [1.54, 1.807) is 0 Å². The van der Waals surface area contributed by atoms with Gasteiger partial charge in [-0.15, -0.1) is 0 Å². The summed E-state index contributed by atoms with van der Waals surface area (Å²) in [5.74, 6) is 0.605. The van der Waals surface area contributed by atoms with E-state index in [9.17, 15) is 4.79 Å². The Morgan fingerprint density at radius 3 is 2.33 bits per heavy atom. The van der Waals surface area contributed by atoms with Gasteiger partial charge in [-0.1, -0.05) is 6.42 Å². The Bertz CT molecular complexity index is 303. The van der Waals surface area contributed by atoms with Crippen LogP contribution in [0.15, 0.2) is 0 Å². The van der Waals surface area contributed by atoms with Crippen molar-refractivity contribution >= 4 is 6.09 Å². The second kappa shape index (κ2) is 5.08. The molecule has 4 heteroatoms. The van der Waals surface area contributed by atoms with Gasteiger partial charge in [0.2, 0.25) is 0 Å². The summed E-state index contributed by atoms with van der Waals surface area (Å²) in [5.41, 5.74) is 5.77. The summed E-state index contributed by atoms with van der Waals surface area (Å²) in [5, 5.41) is 0. The summed E-state index contributed by atoms with van der Waals surface area (Å²) in [4.78, 5) is 14.0. The monoisotopic (exact) mass is 254 g/mol. The van der Waals surface area contributed by atoms with Gasteiger partial charge in [0, 0.05) is 18.6 Å². The van der Waals surface area contributed by atoms with E-state index in [0.29, 0.717) is 18.5 Å². The van der Waals surface area contributed by atoms with Crippen LogP contribution in [-0.2, 0) is 4.74 Å². The number of nitrogens with two attached hydrogens (primary N) is 1. The average molecular weight is 254 g/mol. The average Bonchev–Trinajstić information content (AvgIpc) is 2.90. The highest BCUT2D eigenvalue weighted by Crippen LogP contribution is 2.32. The lowest BCUT2D eigenvalue weighted by atomic mass is 9.80. The molecule has 0 radical (unpaired) electrons. The highest BCUT2D eigenvalue weighted by atomic mass is 16.6. The van der Waals surface area contributed by atoms with E-state index >= 15 is 0 Å². The molecule has 4 nitrogen and oxygen atoms in total. The molecule has 18 heavy (non-hydrogen) atoms. The van der Waals surface area contributed by atoms with Gasteiger partial charge in [-0.3, -0.25) is 0 Å². The van der Waals surface area contributed by atoms with Crippen LogP contribution < -0.4 is 5.73 Å². The molecule has 2 rings (SSSR count). The lowest BCUT2D eigenvalue weighted by Crippen LogP contribution is -2.48. The van der Waals surface area contributed by atoms with Crippen LogP contribution in [0.2, 0.25) is 0 Å². The first kappa shape index (κ1) is 13.7. The van der Waals surface area contributed by atoms with Crippen LogP contribution in [0.1, 0.15) is 52.9 Å². The largest absolute Gasteiger partial charge is 0.444 e. The third-order valence-electron chi connectivity index (χ3n) is 3.78. The van der Waals surface area contributed by atoms with Crippen LogP contribution >= 0.6 is 0 Å². The number of nitrogens with zero attached hydrogens (tertiary/aromatic N) is 1. The van der Waals surface area contributed by atoms with Crippen LogP contribution in [0.3, 0.4) is 0 Å². The quantitative estimate of drug-likeness (QED) is 0.838. The molecular formula is C14H26N2O2. The Morgan fingerprint density at radius 2 is 1.94 bits per heavy atom. The SMILES string of the molecule is CC(C)(C)OC(=O)N(CC(N)C1CCC1)C1CC1. The van der Waals surface area contributed by atoms with Crippen LogP contribution in [0, 0.1) is 5.92 Å². The first-order valence-electron chi connectivity index (χ1n) is 7.12. The summed E-state index contributed by atoms with van der Waals surface area (Å²) in [7, 11) is 0. The van der Waals surface area contributed by atoms with Crippen molar-refractivity contribution in [3.05, 3.63) is 0 Å². The third-order valence-corrected chi connectivity index (χ3v) is 3.78. The van der Waals surface area contributed by atoms with E-state index in [-0.39, 0.29) is 12.1 Å². The van der Waals surface area contributed by atoms with Gasteiger partial charge in [0.15, 0.2) is 0 Å². The molecule has 2 N–H and O–H groups in total. The number of carbonyl (C=O) groups excluding carboxylic acids is 1. The number of hydrogen-bond acceptors (Lipinski definition) is 3. The third kappa shape index (κ3) is 3.61. The summed E-state index contributed by atoms with van der Waals surface area (Å²) in [6, 6.07) is 0.484. The van der Waals surface area contributed by atoms with Crippen LogP contribution in [0.25, 0.3) is 0 Å². The molecule has 0 aromatic carbocycles. The van der Waals surface area contributed by atoms with E-state index in [4.69, 9.17) is 10.5 Å². The van der Waals surface area contributed by atoms with Crippen molar-refractivity contribution in [1.82, 2.24) is 4.90 Å². The Hall–Kier alpha value is -0.770. The fourth-order valence-corrected chi connectivity index (χ4v) is 2.32. The smallest absolute Gasteiger partial charge is 0.410 e. The Balaban J connectivity index is 1.88. The Labute approximate surface area is 110 Å². The Kier molecular flexibility index (Phi) is 3.85. The van der Waals surface area contributed by atoms with Crippen molar-refractivity contribution in [2.75, 3.05) is 6.54 Å². The molecule has 0 saturated heterocycles. The molecule has 0 bridgehead atoms. The molecule has 1 unspecified atom stereocenters. The Morgan fingerprint density at radius 1 is 1.33 bits per heavy atom. The predicted molar refractivity (Wildman–Crippen MR) is 71.3 cm³/mol. The van der Waals surface area contributed by atoms with Gasteiger partial charge in [-0.05, 0) is 52.4 Å². The molecule has 0 spiro atoms. The van der Waals surface area contributed by atoms with Crippen molar-refractivity contribution in [1.29, 1.82) is 0 Å². The van der Waals surface area contributed by atoms with E-state index in [1.807, 2.05) is 25.7 Å². The van der Waals surface area contributed by atoms with E-state index < -0.39 is 5.60 Å². The zero-order valence-electron chi connectivity index (χ0n) is 11.8. The predicted octanol–water partition coefficient (Wildman–Crippen LogP) is 2.51. The molecule has 0 aromatic heterocycles. The lowest BCUT2D eigenvalue weighted by molar-refractivity contribution is 0.0199. The summed E-state index contributed by atoms with van der Waals surface area (Å²) >= 11 is 0. The van der Waals surface area contributed by atoms with E-state index in [2.05, 4.69) is 0 Å². The van der Waals surface area contributed by atoms with Crippen molar-refractivity contribution in [2.45, 2.75) is 70.6 Å². The second-order valence-corrected chi connectivity index (χ2v) is 6.72. The molecule has 104 valence electrons. The summed E-state index contributed by atoms with van der Waals surface area (Å²) in [6.45, 7) is 6.37. The van der Waals surface area contributed by atoms with Crippen LogP contribution in [0.5, 0.6) is 0 Å². The van der Waals surface area contributed by atoms with Crippen LogP contribution in [0.4, 0.5) is 4.79 Å². The number of ether oxygens (including phenoxy) is 1. The van der Waals surface area contributed by atoms with Crippen LogP contribution in [-0.4, -0.2) is 35.2 Å². The van der Waals surface area contributed by atoms with Gasteiger partial charge in [-0.2, -0.15) is 0 Å². The summed E-state index contributed by atoms with van der Waals surface area (Å²) < 4.78 is 5.46. The number of carbonyl (C=O) groups is 1. The van der Waals surface area contributed by atoms with Gasteiger partial charge in [0.1, 0.15) is 5.60 Å². The lowest BCUT2D eigenvalue weighted by Gasteiger charge is -2.35. The highest BCUT2D eigenvalue weighted by molar-refractivity contribution is 5.69. The molecule has 1 amide bonds. The maximum Gasteiger partial charge on any atom is 0.410 e. The minimum absolute atomic E-state index is 0.117. The van der Waals surface area contributed by atoms with Gasteiger partial charge in [-0.25, -0.2) is 4.79 Å². The van der Waals surface area contributed by atoms with Crippen molar-refractivity contribution < 1.29 is 9.53 Å². The highest BCUT2D eigenvalue weighted by Gasteiger charge is 2.37.